The van der Waals surface area contributed by atoms with Crippen LogP contribution < -0.4 is 5.32 Å². The zero-order valence-electron chi connectivity index (χ0n) is 4.83. The highest BCUT2D eigenvalue weighted by Crippen LogP contribution is 1.83. The van der Waals surface area contributed by atoms with Crippen molar-refractivity contribution in [3.63, 3.8) is 0 Å². The summed E-state index contributed by atoms with van der Waals surface area (Å²) in [5, 5.41) is 2.26. The van der Waals surface area contributed by atoms with Crippen molar-refractivity contribution in [3.05, 3.63) is 24.4 Å². The molecular weight excluding hydrogens is 118 g/mol. The van der Waals surface area contributed by atoms with Crippen LogP contribution in [0.3, 0.4) is 0 Å². The minimum absolute atomic E-state index is 0.403. The summed E-state index contributed by atoms with van der Waals surface area (Å²) in [6.45, 7) is 3.35. The second-order valence-electron chi connectivity index (χ2n) is 1.22. The monoisotopic (exact) mass is 125 g/mol. The van der Waals surface area contributed by atoms with E-state index < -0.39 is 0 Å². The highest BCUT2D eigenvalue weighted by atomic mass is 16.1. The van der Waals surface area contributed by atoms with Gasteiger partial charge in [0.2, 0.25) is 6.41 Å². The maximum absolute atomic E-state index is 9.77. The lowest BCUT2D eigenvalue weighted by atomic mass is 10.4. The Bertz CT molecular complexity index is 149. The second-order valence-corrected chi connectivity index (χ2v) is 1.22. The predicted octanol–water partition coefficient (Wildman–Crippen LogP) is 0.00120. The molecule has 0 unspecified atom stereocenters. The molecule has 1 N–H and O–H groups in total. The van der Waals surface area contributed by atoms with Crippen LogP contribution in [0.1, 0.15) is 0 Å². The van der Waals surface area contributed by atoms with Crippen molar-refractivity contribution in [1.29, 1.82) is 0 Å². The zero-order chi connectivity index (χ0) is 7.11. The number of carbonyl (C=O) groups excluding carboxylic acids is 2. The molecule has 48 valence electrons. The summed E-state index contributed by atoms with van der Waals surface area (Å²) in [6, 6.07) is 0. The Hall–Kier alpha value is -1.38. The molecule has 0 aromatic heterocycles. The third kappa shape index (κ3) is 3.22. The molecule has 9 heavy (non-hydrogen) atoms. The summed E-state index contributed by atoms with van der Waals surface area (Å²) < 4.78 is 0. The van der Waals surface area contributed by atoms with Gasteiger partial charge in [0, 0.05) is 11.8 Å². The molecule has 0 saturated heterocycles. The van der Waals surface area contributed by atoms with E-state index in [0.717, 1.165) is 0 Å². The number of amides is 1. The van der Waals surface area contributed by atoms with Crippen LogP contribution in [0.4, 0.5) is 0 Å². The average Bonchev–Trinajstić information content (AvgIpc) is 1.88. The number of hydrogen-bond donors (Lipinski definition) is 1. The van der Waals surface area contributed by atoms with Crippen molar-refractivity contribution in [2.24, 2.45) is 0 Å². The van der Waals surface area contributed by atoms with Crippen LogP contribution in [-0.4, -0.2) is 12.7 Å². The third-order valence-electron chi connectivity index (χ3n) is 0.693. The molecule has 0 bridgehead atoms. The molecule has 0 fully saturated rings. The van der Waals surface area contributed by atoms with E-state index in [1.54, 1.807) is 0 Å². The molecule has 0 aromatic rings. The number of hydrogen-bond acceptors (Lipinski definition) is 2. The van der Waals surface area contributed by atoms with Gasteiger partial charge in [-0.25, -0.2) is 0 Å². The Kier molecular flexibility index (Phi) is 4.04. The number of carbonyl (C=O) groups is 2. The van der Waals surface area contributed by atoms with E-state index >= 15 is 0 Å². The summed E-state index contributed by atoms with van der Waals surface area (Å²) in [5.74, 6) is 0. The molecule has 0 aliphatic heterocycles. The molecule has 0 radical (unpaired) electrons. The van der Waals surface area contributed by atoms with E-state index in [1.165, 1.54) is 12.2 Å². The van der Waals surface area contributed by atoms with Crippen LogP contribution in [-0.2, 0) is 9.59 Å². The second kappa shape index (κ2) is 4.77. The van der Waals surface area contributed by atoms with Gasteiger partial charge in [0.05, 0.1) is 0 Å². The van der Waals surface area contributed by atoms with Crippen LogP contribution in [0.2, 0.25) is 0 Å². The Labute approximate surface area is 53.1 Å². The fraction of sp³-hybridized carbons (Fsp3) is 0. The molecular formula is C6H7NO2. The SMILES string of the molecule is C=C/C(=C\C=O)NC=O. The lowest BCUT2D eigenvalue weighted by Crippen LogP contribution is -2.07. The third-order valence-corrected chi connectivity index (χ3v) is 0.693. The molecule has 0 aromatic carbocycles. The van der Waals surface area contributed by atoms with Gasteiger partial charge in [0.25, 0.3) is 0 Å². The van der Waals surface area contributed by atoms with Gasteiger partial charge in [-0.05, 0) is 6.08 Å². The lowest BCUT2D eigenvalue weighted by molar-refractivity contribution is -0.108. The van der Waals surface area contributed by atoms with Crippen molar-refractivity contribution < 1.29 is 9.59 Å². The maximum atomic E-state index is 9.77. The average molecular weight is 125 g/mol. The maximum Gasteiger partial charge on any atom is 0.211 e. The zero-order valence-corrected chi connectivity index (χ0v) is 4.83. The first-order chi connectivity index (χ1) is 4.35. The van der Waals surface area contributed by atoms with Crippen LogP contribution in [0.15, 0.2) is 24.4 Å². The first-order valence-corrected chi connectivity index (χ1v) is 2.33. The largest absolute Gasteiger partial charge is 0.329 e. The fourth-order valence-corrected chi connectivity index (χ4v) is 0.316. The molecule has 0 aliphatic carbocycles. The lowest BCUT2D eigenvalue weighted by Gasteiger charge is -1.92. The predicted molar refractivity (Wildman–Crippen MR) is 33.5 cm³/mol. The summed E-state index contributed by atoms with van der Waals surface area (Å²) >= 11 is 0. The van der Waals surface area contributed by atoms with E-state index in [2.05, 4.69) is 11.9 Å². The van der Waals surface area contributed by atoms with E-state index in [1.807, 2.05) is 0 Å². The van der Waals surface area contributed by atoms with E-state index in [0.29, 0.717) is 18.4 Å². The van der Waals surface area contributed by atoms with Gasteiger partial charge in [0.15, 0.2) is 0 Å². The Morgan fingerprint density at radius 2 is 2.11 bits per heavy atom. The first-order valence-electron chi connectivity index (χ1n) is 2.33. The summed E-state index contributed by atoms with van der Waals surface area (Å²) in [6.07, 6.45) is 3.65. The molecule has 0 saturated carbocycles. The van der Waals surface area contributed by atoms with E-state index in [-0.39, 0.29) is 0 Å². The number of nitrogens with one attached hydrogen (secondary N) is 1. The molecule has 0 spiro atoms. The van der Waals surface area contributed by atoms with Crippen molar-refractivity contribution in [2.45, 2.75) is 0 Å². The van der Waals surface area contributed by atoms with Crippen molar-refractivity contribution in [2.75, 3.05) is 0 Å². The Morgan fingerprint density at radius 1 is 1.44 bits per heavy atom. The summed E-state index contributed by atoms with van der Waals surface area (Å²) in [5.41, 5.74) is 0.403. The van der Waals surface area contributed by atoms with Gasteiger partial charge in [-0.1, -0.05) is 6.58 Å². The molecule has 3 heteroatoms. The van der Waals surface area contributed by atoms with Crippen LogP contribution >= 0.6 is 0 Å². The Balaban J connectivity index is 3.95. The van der Waals surface area contributed by atoms with E-state index in [9.17, 15) is 9.59 Å². The molecule has 3 nitrogen and oxygen atoms in total. The first kappa shape index (κ1) is 7.62. The number of allylic oxidation sites excluding steroid dienone is 2. The van der Waals surface area contributed by atoms with Gasteiger partial charge < -0.3 is 5.32 Å². The minimum atomic E-state index is 0.403. The highest BCUT2D eigenvalue weighted by molar-refractivity contribution is 5.68. The Morgan fingerprint density at radius 3 is 2.44 bits per heavy atom. The highest BCUT2D eigenvalue weighted by Gasteiger charge is 1.82. The van der Waals surface area contributed by atoms with Gasteiger partial charge in [0.1, 0.15) is 6.29 Å². The van der Waals surface area contributed by atoms with Crippen molar-refractivity contribution in [3.8, 4) is 0 Å². The normalized spacial score (nSPS) is 10.0. The quantitative estimate of drug-likeness (QED) is 0.326. The topological polar surface area (TPSA) is 46.2 Å². The van der Waals surface area contributed by atoms with Gasteiger partial charge in [-0.15, -0.1) is 0 Å². The molecule has 0 aliphatic rings. The summed E-state index contributed by atoms with van der Waals surface area (Å²) in [4.78, 5) is 19.5. The molecule has 0 atom stereocenters. The number of rotatable bonds is 4. The van der Waals surface area contributed by atoms with Crippen molar-refractivity contribution >= 4 is 12.7 Å². The molecule has 1 amide bonds. The van der Waals surface area contributed by atoms with E-state index in [4.69, 9.17) is 0 Å². The standard InChI is InChI=1S/C6H7NO2/c1-2-6(3-4-8)7-5-9/h2-5H,1H2,(H,7,9)/b6-3+. The van der Waals surface area contributed by atoms with Gasteiger partial charge >= 0.3 is 0 Å². The summed E-state index contributed by atoms with van der Waals surface area (Å²) in [7, 11) is 0. The molecule has 0 rings (SSSR count). The minimum Gasteiger partial charge on any atom is -0.329 e. The van der Waals surface area contributed by atoms with Crippen LogP contribution in [0, 0.1) is 0 Å². The van der Waals surface area contributed by atoms with Crippen LogP contribution in [0.5, 0.6) is 0 Å². The van der Waals surface area contributed by atoms with Crippen LogP contribution in [0.25, 0.3) is 0 Å². The van der Waals surface area contributed by atoms with Crippen molar-refractivity contribution in [1.82, 2.24) is 5.32 Å². The number of aldehydes is 1. The van der Waals surface area contributed by atoms with Gasteiger partial charge in [-0.3, -0.25) is 9.59 Å². The fourth-order valence-electron chi connectivity index (χ4n) is 0.316. The smallest absolute Gasteiger partial charge is 0.211 e. The van der Waals surface area contributed by atoms with Gasteiger partial charge in [-0.2, -0.15) is 0 Å². The molecule has 0 heterocycles.